The molecule has 0 fully saturated rings. The summed E-state index contributed by atoms with van der Waals surface area (Å²) in [6, 6.07) is 17.5. The highest BCUT2D eigenvalue weighted by molar-refractivity contribution is 6.31. The van der Waals surface area contributed by atoms with Gasteiger partial charge in [0, 0.05) is 45.7 Å². The first kappa shape index (κ1) is 27.0. The summed E-state index contributed by atoms with van der Waals surface area (Å²) in [5.74, 6) is -1.80. The molecule has 4 atom stereocenters. The Kier molecular flexibility index (Phi) is 7.03. The first-order chi connectivity index (χ1) is 19.8. The van der Waals surface area contributed by atoms with E-state index in [0.717, 1.165) is 27.7 Å². The van der Waals surface area contributed by atoms with Crippen LogP contribution in [-0.4, -0.2) is 39.7 Å². The Morgan fingerprint density at radius 3 is 2.63 bits per heavy atom. The molecule has 2 aliphatic rings. The molecule has 4 aromatic rings. The van der Waals surface area contributed by atoms with Gasteiger partial charge in [0.05, 0.1) is 6.04 Å². The number of rotatable bonds is 7. The van der Waals surface area contributed by atoms with Crippen LogP contribution in [0.5, 0.6) is 0 Å². The molecule has 0 spiro atoms. The lowest BCUT2D eigenvalue weighted by molar-refractivity contribution is -0.133. The maximum atomic E-state index is 14.3. The third-order valence-electron chi connectivity index (χ3n) is 8.45. The van der Waals surface area contributed by atoms with Gasteiger partial charge in [-0.05, 0) is 41.3 Å². The van der Waals surface area contributed by atoms with Gasteiger partial charge < -0.3 is 20.5 Å². The van der Waals surface area contributed by atoms with Crippen molar-refractivity contribution in [2.75, 3.05) is 0 Å². The Labute approximate surface area is 242 Å². The fourth-order valence-electron chi connectivity index (χ4n) is 6.08. The lowest BCUT2D eigenvalue weighted by Crippen LogP contribution is -2.58. The van der Waals surface area contributed by atoms with Gasteiger partial charge in [-0.1, -0.05) is 74.3 Å². The third kappa shape index (κ3) is 4.56. The Hall–Kier alpha value is -4.17. The zero-order chi connectivity index (χ0) is 28.8. The third-order valence-corrected chi connectivity index (χ3v) is 8.80. The van der Waals surface area contributed by atoms with Crippen LogP contribution in [0.25, 0.3) is 10.9 Å². The van der Waals surface area contributed by atoms with Gasteiger partial charge in [-0.3, -0.25) is 14.4 Å². The smallest absolute Gasteiger partial charge is 0.255 e. The molecule has 3 heterocycles. The monoisotopic (exact) mass is 572 g/mol. The fourth-order valence-corrected chi connectivity index (χ4v) is 6.31. The van der Waals surface area contributed by atoms with Crippen LogP contribution in [0.3, 0.4) is 0 Å². The quantitative estimate of drug-likeness (QED) is 0.281. The summed E-state index contributed by atoms with van der Waals surface area (Å²) in [6.07, 6.45) is 0.924. The Balaban J connectivity index is 1.31. The maximum Gasteiger partial charge on any atom is 0.255 e. The number of amides is 3. The highest BCUT2D eigenvalue weighted by Gasteiger charge is 2.49. The molecular weight excluding hydrogens is 543 g/mol. The van der Waals surface area contributed by atoms with E-state index in [-0.39, 0.29) is 29.0 Å². The van der Waals surface area contributed by atoms with E-state index >= 15 is 0 Å². The first-order valence-electron chi connectivity index (χ1n) is 13.8. The predicted molar refractivity (Wildman–Crippen MR) is 155 cm³/mol. The molecule has 3 N–H and O–H groups in total. The SMILES string of the molecule is CC[C@@H](C)[C@H](NC(=O)[C@@H]1Cc2c([nH]c3ccccc23)[C@H]2c3ccccc3C(=O)N21)C(=O)NCc1c(F)cccc1Cl. The van der Waals surface area contributed by atoms with E-state index in [0.29, 0.717) is 18.4 Å². The summed E-state index contributed by atoms with van der Waals surface area (Å²) in [4.78, 5) is 46.3. The second kappa shape index (κ2) is 10.7. The van der Waals surface area contributed by atoms with E-state index in [1.165, 1.54) is 12.1 Å². The molecular formula is C32H30ClFN4O3. The minimum absolute atomic E-state index is 0.114. The van der Waals surface area contributed by atoms with Crippen LogP contribution >= 0.6 is 11.6 Å². The molecule has 0 unspecified atom stereocenters. The Morgan fingerprint density at radius 1 is 1.10 bits per heavy atom. The molecule has 3 aromatic carbocycles. The molecule has 0 bridgehead atoms. The molecule has 0 saturated carbocycles. The van der Waals surface area contributed by atoms with Gasteiger partial charge in [0.2, 0.25) is 11.8 Å². The van der Waals surface area contributed by atoms with Crippen molar-refractivity contribution in [2.24, 2.45) is 5.92 Å². The van der Waals surface area contributed by atoms with Crippen LogP contribution in [0.15, 0.2) is 66.7 Å². The molecule has 0 aliphatic carbocycles. The zero-order valence-corrected chi connectivity index (χ0v) is 23.5. The first-order valence-corrected chi connectivity index (χ1v) is 14.2. The molecule has 0 saturated heterocycles. The van der Waals surface area contributed by atoms with E-state index in [4.69, 9.17) is 11.6 Å². The van der Waals surface area contributed by atoms with Crippen LogP contribution in [0, 0.1) is 11.7 Å². The van der Waals surface area contributed by atoms with Gasteiger partial charge in [-0.2, -0.15) is 0 Å². The van der Waals surface area contributed by atoms with Crippen LogP contribution in [0.2, 0.25) is 5.02 Å². The van der Waals surface area contributed by atoms with Crippen molar-refractivity contribution in [1.29, 1.82) is 0 Å². The van der Waals surface area contributed by atoms with Crippen molar-refractivity contribution in [3.63, 3.8) is 0 Å². The van der Waals surface area contributed by atoms with Crippen molar-refractivity contribution in [3.05, 3.63) is 106 Å². The van der Waals surface area contributed by atoms with E-state index in [1.807, 2.05) is 56.3 Å². The van der Waals surface area contributed by atoms with Gasteiger partial charge in [0.1, 0.15) is 17.9 Å². The molecule has 0 radical (unpaired) electrons. The number of carbonyl (C=O) groups excluding carboxylic acids is 3. The van der Waals surface area contributed by atoms with Gasteiger partial charge in [-0.25, -0.2) is 4.39 Å². The number of fused-ring (bicyclic) bond motifs is 7. The van der Waals surface area contributed by atoms with Gasteiger partial charge in [0.15, 0.2) is 0 Å². The zero-order valence-electron chi connectivity index (χ0n) is 22.7. The summed E-state index contributed by atoms with van der Waals surface area (Å²) in [7, 11) is 0. The molecule has 6 rings (SSSR count). The number of aromatic nitrogens is 1. The molecule has 210 valence electrons. The number of carbonyl (C=O) groups is 3. The van der Waals surface area contributed by atoms with Crippen LogP contribution in [0.4, 0.5) is 4.39 Å². The number of H-pyrrole nitrogens is 1. The highest BCUT2D eigenvalue weighted by atomic mass is 35.5. The van der Waals surface area contributed by atoms with E-state index < -0.39 is 35.8 Å². The fraction of sp³-hybridized carbons (Fsp3) is 0.281. The number of nitrogens with one attached hydrogen (secondary N) is 3. The van der Waals surface area contributed by atoms with Gasteiger partial charge >= 0.3 is 0 Å². The maximum absolute atomic E-state index is 14.3. The number of hydrogen-bond acceptors (Lipinski definition) is 3. The normalized spacial score (nSPS) is 18.8. The summed E-state index contributed by atoms with van der Waals surface area (Å²) in [5, 5.41) is 6.92. The van der Waals surface area contributed by atoms with Gasteiger partial charge in [0.25, 0.3) is 5.91 Å². The number of para-hydroxylation sites is 1. The molecule has 41 heavy (non-hydrogen) atoms. The van der Waals surface area contributed by atoms with Crippen molar-refractivity contribution >= 4 is 40.2 Å². The molecule has 2 aliphatic heterocycles. The minimum Gasteiger partial charge on any atom is -0.356 e. The second-order valence-electron chi connectivity index (χ2n) is 10.8. The average molecular weight is 573 g/mol. The number of hydrogen-bond donors (Lipinski definition) is 3. The van der Waals surface area contributed by atoms with Crippen molar-refractivity contribution in [2.45, 2.75) is 51.4 Å². The minimum atomic E-state index is -0.888. The number of nitrogens with zero attached hydrogens (tertiary/aromatic N) is 1. The number of aromatic amines is 1. The lowest BCUT2D eigenvalue weighted by atomic mass is 9.89. The Morgan fingerprint density at radius 2 is 1.85 bits per heavy atom. The number of halogens is 2. The summed E-state index contributed by atoms with van der Waals surface area (Å²) in [6.45, 7) is 3.69. The summed E-state index contributed by atoms with van der Waals surface area (Å²) in [5.41, 5.74) is 4.44. The van der Waals surface area contributed by atoms with Crippen LogP contribution < -0.4 is 10.6 Å². The van der Waals surface area contributed by atoms with Crippen LogP contribution in [0.1, 0.15) is 59.1 Å². The molecule has 3 amide bonds. The van der Waals surface area contributed by atoms with Crippen molar-refractivity contribution in [3.8, 4) is 0 Å². The summed E-state index contributed by atoms with van der Waals surface area (Å²) < 4.78 is 14.3. The lowest BCUT2D eigenvalue weighted by Gasteiger charge is -2.38. The topological polar surface area (TPSA) is 94.3 Å². The summed E-state index contributed by atoms with van der Waals surface area (Å²) >= 11 is 6.14. The molecule has 1 aromatic heterocycles. The van der Waals surface area contributed by atoms with E-state index in [1.54, 1.807) is 17.0 Å². The predicted octanol–water partition coefficient (Wildman–Crippen LogP) is 5.28. The van der Waals surface area contributed by atoms with Crippen LogP contribution in [-0.2, 0) is 22.6 Å². The average Bonchev–Trinajstić information content (AvgIpc) is 3.50. The Bertz CT molecular complexity index is 1660. The number of benzene rings is 3. The second-order valence-corrected chi connectivity index (χ2v) is 11.2. The van der Waals surface area contributed by atoms with Crippen molar-refractivity contribution < 1.29 is 18.8 Å². The molecule has 9 heteroatoms. The van der Waals surface area contributed by atoms with E-state index in [9.17, 15) is 18.8 Å². The largest absolute Gasteiger partial charge is 0.356 e. The van der Waals surface area contributed by atoms with Gasteiger partial charge in [-0.15, -0.1) is 0 Å². The van der Waals surface area contributed by atoms with E-state index in [2.05, 4.69) is 15.6 Å². The highest BCUT2D eigenvalue weighted by Crippen LogP contribution is 2.46. The molecule has 7 nitrogen and oxygen atoms in total. The standard InChI is InChI=1S/C32H30ClFN4O3/c1-3-17(2)27(31(40)35-16-22-23(33)12-8-13-24(22)34)37-30(39)26-15-21-18-9-6-7-14-25(18)36-28(21)29-19-10-4-5-11-20(19)32(41)38(26)29/h4-14,17,26-27,29,36H,3,15-16H2,1-2H3,(H,35,40)(H,37,39)/t17-,26+,27+,29-/m1/s1. The van der Waals surface area contributed by atoms with Crippen molar-refractivity contribution in [1.82, 2.24) is 20.5 Å².